The highest BCUT2D eigenvalue weighted by Gasteiger charge is 2.23. The number of aryl methyl sites for hydroxylation is 1. The van der Waals surface area contributed by atoms with Gasteiger partial charge in [0.25, 0.3) is 5.91 Å². The number of carbonyl (C=O) groups excluding carboxylic acids is 2. The summed E-state index contributed by atoms with van der Waals surface area (Å²) < 4.78 is 15.9. The molecular weight excluding hydrogens is 400 g/mol. The highest BCUT2D eigenvalue weighted by Crippen LogP contribution is 2.31. The first-order valence-electron chi connectivity index (χ1n) is 10.1. The van der Waals surface area contributed by atoms with Crippen molar-refractivity contribution in [3.63, 3.8) is 0 Å². The summed E-state index contributed by atoms with van der Waals surface area (Å²) in [7, 11) is 3.14. The minimum atomic E-state index is -0.184. The highest BCUT2D eigenvalue weighted by atomic mass is 16.5. The summed E-state index contributed by atoms with van der Waals surface area (Å²) >= 11 is 0. The first-order valence-corrected chi connectivity index (χ1v) is 10.1. The monoisotopic (exact) mass is 426 g/mol. The molecule has 3 rings (SSSR count). The fourth-order valence-electron chi connectivity index (χ4n) is 3.34. The number of rotatable bonds is 7. The summed E-state index contributed by atoms with van der Waals surface area (Å²) in [5.41, 5.74) is 0.754. The molecule has 1 aliphatic heterocycles. The standard InChI is InChI=1S/C22H26N4O5/c1-4-6-20(27)25-11-13-26(14-12-25)21(28)8-5-7-19-23-22(24-31-19)16-9-10-17(29-2)18(15-16)30-3/h9-10,15H,5,7-8,11-14H2,1-3H3. The van der Waals surface area contributed by atoms with Crippen LogP contribution in [0.3, 0.4) is 0 Å². The second-order valence-corrected chi connectivity index (χ2v) is 6.98. The molecule has 1 aromatic heterocycles. The van der Waals surface area contributed by atoms with Crippen molar-refractivity contribution in [3.8, 4) is 34.7 Å². The van der Waals surface area contributed by atoms with Crippen LogP contribution in [0.1, 0.15) is 25.7 Å². The van der Waals surface area contributed by atoms with Crippen LogP contribution in [0.25, 0.3) is 11.4 Å². The largest absolute Gasteiger partial charge is 0.493 e. The molecule has 0 bridgehead atoms. The Hall–Kier alpha value is -3.54. The number of benzene rings is 1. The molecule has 9 heteroatoms. The van der Waals surface area contributed by atoms with Gasteiger partial charge in [-0.3, -0.25) is 9.59 Å². The van der Waals surface area contributed by atoms with Gasteiger partial charge in [-0.05, 0) is 37.5 Å². The fraction of sp³-hybridized carbons (Fsp3) is 0.455. The number of methoxy groups -OCH3 is 2. The summed E-state index contributed by atoms with van der Waals surface area (Å²) in [5.74, 6) is 7.17. The maximum absolute atomic E-state index is 12.5. The van der Waals surface area contributed by atoms with Crippen LogP contribution in [0.5, 0.6) is 11.5 Å². The second-order valence-electron chi connectivity index (χ2n) is 6.98. The Balaban J connectivity index is 1.47. The van der Waals surface area contributed by atoms with E-state index in [0.29, 0.717) is 68.7 Å². The third-order valence-corrected chi connectivity index (χ3v) is 5.04. The van der Waals surface area contributed by atoms with Gasteiger partial charge in [0.2, 0.25) is 17.6 Å². The molecule has 2 amide bonds. The molecule has 0 aliphatic carbocycles. The Bertz CT molecular complexity index is 983. The van der Waals surface area contributed by atoms with Gasteiger partial charge in [0, 0.05) is 44.6 Å². The van der Waals surface area contributed by atoms with E-state index in [0.717, 1.165) is 5.56 Å². The Labute approximate surface area is 181 Å². The van der Waals surface area contributed by atoms with Crippen molar-refractivity contribution in [2.24, 2.45) is 0 Å². The normalized spacial score (nSPS) is 13.4. The number of hydrogen-bond donors (Lipinski definition) is 0. The molecule has 0 atom stereocenters. The van der Waals surface area contributed by atoms with Crippen LogP contribution in [-0.4, -0.2) is 72.2 Å². The summed E-state index contributed by atoms with van der Waals surface area (Å²) in [6.07, 6.45) is 1.50. The lowest BCUT2D eigenvalue weighted by Gasteiger charge is -2.33. The van der Waals surface area contributed by atoms with Gasteiger partial charge < -0.3 is 23.8 Å². The molecular formula is C22H26N4O5. The summed E-state index contributed by atoms with van der Waals surface area (Å²) in [4.78, 5) is 32.1. The van der Waals surface area contributed by atoms with Crippen molar-refractivity contribution < 1.29 is 23.6 Å². The number of piperazine rings is 1. The van der Waals surface area contributed by atoms with E-state index in [1.807, 2.05) is 6.07 Å². The number of amides is 2. The second kappa shape index (κ2) is 10.5. The van der Waals surface area contributed by atoms with Crippen molar-refractivity contribution in [3.05, 3.63) is 24.1 Å². The van der Waals surface area contributed by atoms with E-state index in [2.05, 4.69) is 22.0 Å². The number of ether oxygens (including phenoxy) is 2. The van der Waals surface area contributed by atoms with Crippen molar-refractivity contribution in [1.29, 1.82) is 0 Å². The lowest BCUT2D eigenvalue weighted by Crippen LogP contribution is -2.50. The summed E-state index contributed by atoms with van der Waals surface area (Å²) in [5, 5.41) is 4.02. The zero-order chi connectivity index (χ0) is 22.2. The van der Waals surface area contributed by atoms with Gasteiger partial charge in [-0.2, -0.15) is 4.98 Å². The number of hydrogen-bond acceptors (Lipinski definition) is 7. The zero-order valence-electron chi connectivity index (χ0n) is 18.0. The van der Waals surface area contributed by atoms with Crippen LogP contribution in [-0.2, 0) is 16.0 Å². The summed E-state index contributed by atoms with van der Waals surface area (Å²) in [6, 6.07) is 5.40. The Morgan fingerprint density at radius 2 is 1.81 bits per heavy atom. The molecule has 0 saturated carbocycles. The Morgan fingerprint density at radius 3 is 2.48 bits per heavy atom. The predicted molar refractivity (Wildman–Crippen MR) is 112 cm³/mol. The van der Waals surface area contributed by atoms with Crippen molar-refractivity contribution in [2.45, 2.75) is 26.2 Å². The number of aromatic nitrogens is 2. The van der Waals surface area contributed by atoms with Gasteiger partial charge in [0.15, 0.2) is 11.5 Å². The van der Waals surface area contributed by atoms with E-state index in [1.54, 1.807) is 43.1 Å². The van der Waals surface area contributed by atoms with Gasteiger partial charge >= 0.3 is 0 Å². The molecule has 0 N–H and O–H groups in total. The van der Waals surface area contributed by atoms with E-state index in [4.69, 9.17) is 14.0 Å². The average molecular weight is 426 g/mol. The van der Waals surface area contributed by atoms with Crippen molar-refractivity contribution in [2.75, 3.05) is 40.4 Å². The lowest BCUT2D eigenvalue weighted by molar-refractivity contribution is -0.137. The molecule has 0 spiro atoms. The molecule has 9 nitrogen and oxygen atoms in total. The molecule has 1 aromatic carbocycles. The third-order valence-electron chi connectivity index (χ3n) is 5.04. The third kappa shape index (κ3) is 5.54. The molecule has 0 radical (unpaired) electrons. The molecule has 1 saturated heterocycles. The van der Waals surface area contributed by atoms with E-state index >= 15 is 0 Å². The first kappa shape index (κ1) is 22.2. The maximum Gasteiger partial charge on any atom is 0.298 e. The van der Waals surface area contributed by atoms with Gasteiger partial charge in [-0.25, -0.2) is 0 Å². The molecule has 0 unspecified atom stereocenters. The van der Waals surface area contributed by atoms with Crippen LogP contribution >= 0.6 is 0 Å². The maximum atomic E-state index is 12.5. The molecule has 2 aromatic rings. The molecule has 164 valence electrons. The highest BCUT2D eigenvalue weighted by molar-refractivity contribution is 5.93. The van der Waals surface area contributed by atoms with Gasteiger partial charge in [-0.15, -0.1) is 0 Å². The van der Waals surface area contributed by atoms with E-state index in [-0.39, 0.29) is 11.8 Å². The van der Waals surface area contributed by atoms with Crippen LogP contribution in [0.4, 0.5) is 0 Å². The quantitative estimate of drug-likeness (QED) is 0.622. The van der Waals surface area contributed by atoms with Crippen LogP contribution in [0.15, 0.2) is 22.7 Å². The van der Waals surface area contributed by atoms with Crippen molar-refractivity contribution >= 4 is 11.8 Å². The first-order chi connectivity index (χ1) is 15.0. The van der Waals surface area contributed by atoms with E-state index < -0.39 is 0 Å². The van der Waals surface area contributed by atoms with Gasteiger partial charge in [0.05, 0.1) is 14.2 Å². The fourth-order valence-corrected chi connectivity index (χ4v) is 3.34. The minimum Gasteiger partial charge on any atom is -0.493 e. The summed E-state index contributed by atoms with van der Waals surface area (Å²) in [6.45, 7) is 3.72. The molecule has 1 aliphatic rings. The van der Waals surface area contributed by atoms with Crippen molar-refractivity contribution in [1.82, 2.24) is 19.9 Å². The topological polar surface area (TPSA) is 98.0 Å². The van der Waals surface area contributed by atoms with Crippen LogP contribution in [0, 0.1) is 11.8 Å². The minimum absolute atomic E-state index is 0.0632. The van der Waals surface area contributed by atoms with Crippen LogP contribution in [0.2, 0.25) is 0 Å². The molecule has 31 heavy (non-hydrogen) atoms. The molecule has 2 heterocycles. The van der Waals surface area contributed by atoms with Gasteiger partial charge in [-0.1, -0.05) is 11.1 Å². The lowest BCUT2D eigenvalue weighted by atomic mass is 10.2. The van der Waals surface area contributed by atoms with Gasteiger partial charge in [0.1, 0.15) is 0 Å². The Morgan fingerprint density at radius 1 is 1.10 bits per heavy atom. The molecule has 1 fully saturated rings. The predicted octanol–water partition coefficient (Wildman–Crippen LogP) is 1.77. The smallest absolute Gasteiger partial charge is 0.298 e. The number of carbonyl (C=O) groups is 2. The number of nitrogens with zero attached hydrogens (tertiary/aromatic N) is 4. The van der Waals surface area contributed by atoms with Crippen LogP contribution < -0.4 is 9.47 Å². The van der Waals surface area contributed by atoms with E-state index in [9.17, 15) is 9.59 Å². The SMILES string of the molecule is CC#CC(=O)N1CCN(C(=O)CCCc2nc(-c3ccc(OC)c(OC)c3)no2)CC1. The zero-order valence-corrected chi connectivity index (χ0v) is 18.0. The Kier molecular flexibility index (Phi) is 7.49. The average Bonchev–Trinajstić information content (AvgIpc) is 3.27. The van der Waals surface area contributed by atoms with E-state index in [1.165, 1.54) is 0 Å².